The molecule has 0 unspecified atom stereocenters. The fraction of sp³-hybridized carbons (Fsp3) is 0.643. The van der Waals surface area contributed by atoms with Gasteiger partial charge in [0.1, 0.15) is 18.0 Å². The molecule has 0 aliphatic heterocycles. The van der Waals surface area contributed by atoms with E-state index < -0.39 is 17.7 Å². The van der Waals surface area contributed by atoms with Crippen molar-refractivity contribution in [1.29, 1.82) is 0 Å². The SMILES string of the molecule is CC[C@@H](C)[C@H](NC(=O)OC(C)(C)C)C(=O)n1ccnc1. The van der Waals surface area contributed by atoms with Crippen LogP contribution in [0.4, 0.5) is 4.79 Å². The van der Waals surface area contributed by atoms with Gasteiger partial charge in [-0.05, 0) is 26.7 Å². The monoisotopic (exact) mass is 281 g/mol. The molecule has 0 aliphatic carbocycles. The van der Waals surface area contributed by atoms with Gasteiger partial charge in [-0.15, -0.1) is 0 Å². The van der Waals surface area contributed by atoms with E-state index in [1.165, 1.54) is 17.1 Å². The molecule has 0 aromatic carbocycles. The van der Waals surface area contributed by atoms with Crippen molar-refractivity contribution in [2.75, 3.05) is 0 Å². The number of imidazole rings is 1. The molecule has 0 radical (unpaired) electrons. The molecule has 0 saturated heterocycles. The van der Waals surface area contributed by atoms with E-state index >= 15 is 0 Å². The largest absolute Gasteiger partial charge is 0.444 e. The van der Waals surface area contributed by atoms with E-state index in [-0.39, 0.29) is 11.8 Å². The van der Waals surface area contributed by atoms with Gasteiger partial charge in [0.2, 0.25) is 0 Å². The van der Waals surface area contributed by atoms with Crippen molar-refractivity contribution in [1.82, 2.24) is 14.9 Å². The highest BCUT2D eigenvalue weighted by atomic mass is 16.6. The van der Waals surface area contributed by atoms with Gasteiger partial charge in [0, 0.05) is 12.4 Å². The van der Waals surface area contributed by atoms with E-state index in [0.29, 0.717) is 0 Å². The molecule has 20 heavy (non-hydrogen) atoms. The van der Waals surface area contributed by atoms with E-state index in [1.54, 1.807) is 27.0 Å². The first-order chi connectivity index (χ1) is 9.24. The fourth-order valence-electron chi connectivity index (χ4n) is 1.67. The molecule has 6 nitrogen and oxygen atoms in total. The summed E-state index contributed by atoms with van der Waals surface area (Å²) in [4.78, 5) is 28.1. The summed E-state index contributed by atoms with van der Waals surface area (Å²) in [6.07, 6.45) is 4.69. The molecular formula is C14H23N3O3. The lowest BCUT2D eigenvalue weighted by Crippen LogP contribution is -2.48. The van der Waals surface area contributed by atoms with E-state index in [2.05, 4.69) is 10.3 Å². The smallest absolute Gasteiger partial charge is 0.408 e. The van der Waals surface area contributed by atoms with Crippen molar-refractivity contribution in [3.63, 3.8) is 0 Å². The van der Waals surface area contributed by atoms with E-state index in [4.69, 9.17) is 4.74 Å². The summed E-state index contributed by atoms with van der Waals surface area (Å²) in [5.41, 5.74) is -0.595. The molecule has 0 aliphatic rings. The maximum Gasteiger partial charge on any atom is 0.408 e. The lowest BCUT2D eigenvalue weighted by atomic mass is 9.98. The first-order valence-electron chi connectivity index (χ1n) is 6.76. The number of rotatable bonds is 4. The van der Waals surface area contributed by atoms with Gasteiger partial charge in [0.25, 0.3) is 5.91 Å². The Morgan fingerprint density at radius 1 is 1.40 bits per heavy atom. The molecule has 0 bridgehead atoms. The Balaban J connectivity index is 2.80. The van der Waals surface area contributed by atoms with E-state index in [9.17, 15) is 9.59 Å². The Kier molecular flexibility index (Phi) is 5.30. The van der Waals surface area contributed by atoms with Crippen molar-refractivity contribution in [2.45, 2.75) is 52.7 Å². The zero-order valence-corrected chi connectivity index (χ0v) is 12.7. The highest BCUT2D eigenvalue weighted by Crippen LogP contribution is 2.12. The molecule has 1 aromatic rings. The maximum atomic E-state index is 12.4. The van der Waals surface area contributed by atoms with Crippen molar-refractivity contribution >= 4 is 12.0 Å². The van der Waals surface area contributed by atoms with Crippen LogP contribution in [0.3, 0.4) is 0 Å². The molecule has 1 amide bonds. The molecule has 6 heteroatoms. The minimum atomic E-state index is -0.635. The van der Waals surface area contributed by atoms with E-state index in [0.717, 1.165) is 6.42 Å². The van der Waals surface area contributed by atoms with Crippen molar-refractivity contribution in [3.8, 4) is 0 Å². The van der Waals surface area contributed by atoms with Gasteiger partial charge in [-0.25, -0.2) is 9.78 Å². The van der Waals surface area contributed by atoms with Crippen molar-refractivity contribution in [2.24, 2.45) is 5.92 Å². The number of nitrogens with one attached hydrogen (secondary N) is 1. The van der Waals surface area contributed by atoms with Crippen LogP contribution in [0.15, 0.2) is 18.7 Å². The highest BCUT2D eigenvalue weighted by Gasteiger charge is 2.29. The van der Waals surface area contributed by atoms with Crippen LogP contribution >= 0.6 is 0 Å². The number of aromatic nitrogens is 2. The highest BCUT2D eigenvalue weighted by molar-refractivity contribution is 5.87. The normalized spacial score (nSPS) is 14.4. The Morgan fingerprint density at radius 2 is 2.05 bits per heavy atom. The lowest BCUT2D eigenvalue weighted by Gasteiger charge is -2.26. The third-order valence-electron chi connectivity index (χ3n) is 2.91. The Hall–Kier alpha value is -1.85. The number of amides is 1. The van der Waals surface area contributed by atoms with Gasteiger partial charge in [-0.3, -0.25) is 9.36 Å². The van der Waals surface area contributed by atoms with Crippen molar-refractivity contribution < 1.29 is 14.3 Å². The van der Waals surface area contributed by atoms with Gasteiger partial charge in [0.05, 0.1) is 0 Å². The van der Waals surface area contributed by atoms with Crippen LogP contribution in [0.2, 0.25) is 0 Å². The van der Waals surface area contributed by atoms with Gasteiger partial charge in [-0.1, -0.05) is 20.3 Å². The predicted octanol–water partition coefficient (Wildman–Crippen LogP) is 2.46. The third kappa shape index (κ3) is 4.68. The number of ether oxygens (including phenoxy) is 1. The average molecular weight is 281 g/mol. The van der Waals surface area contributed by atoms with Crippen LogP contribution in [0, 0.1) is 5.92 Å². The topological polar surface area (TPSA) is 73.2 Å². The summed E-state index contributed by atoms with van der Waals surface area (Å²) < 4.78 is 6.57. The predicted molar refractivity (Wildman–Crippen MR) is 75.5 cm³/mol. The minimum Gasteiger partial charge on any atom is -0.444 e. The molecule has 112 valence electrons. The molecule has 2 atom stereocenters. The zero-order valence-electron chi connectivity index (χ0n) is 12.7. The zero-order chi connectivity index (χ0) is 15.3. The van der Waals surface area contributed by atoms with Crippen LogP contribution < -0.4 is 5.32 Å². The maximum absolute atomic E-state index is 12.4. The van der Waals surface area contributed by atoms with Gasteiger partial charge >= 0.3 is 6.09 Å². The van der Waals surface area contributed by atoms with Crippen LogP contribution in [0.5, 0.6) is 0 Å². The molecule has 1 aromatic heterocycles. The molecule has 1 rings (SSSR count). The first-order valence-corrected chi connectivity index (χ1v) is 6.76. The Bertz CT molecular complexity index is 449. The number of nitrogens with zero attached hydrogens (tertiary/aromatic N) is 2. The van der Waals surface area contributed by atoms with Gasteiger partial charge < -0.3 is 10.1 Å². The quantitative estimate of drug-likeness (QED) is 0.920. The van der Waals surface area contributed by atoms with E-state index in [1.807, 2.05) is 13.8 Å². The minimum absolute atomic E-state index is 0.00239. The number of hydrogen-bond donors (Lipinski definition) is 1. The Labute approximate surface area is 119 Å². The van der Waals surface area contributed by atoms with Crippen LogP contribution in [0.1, 0.15) is 45.8 Å². The fourth-order valence-corrected chi connectivity index (χ4v) is 1.67. The molecule has 0 saturated carbocycles. The second-order valence-electron chi connectivity index (χ2n) is 5.82. The number of carbonyl (C=O) groups excluding carboxylic acids is 2. The summed E-state index contributed by atoms with van der Waals surface area (Å²) in [6, 6.07) is -0.635. The standard InChI is InChI=1S/C14H23N3O3/c1-6-10(2)11(12(18)17-8-7-15-9-17)16-13(19)20-14(3,4)5/h7-11H,6H2,1-5H3,(H,16,19)/t10-,11+/m1/s1. The van der Waals surface area contributed by atoms with Crippen LogP contribution in [0.25, 0.3) is 0 Å². The molecular weight excluding hydrogens is 258 g/mol. The lowest BCUT2D eigenvalue weighted by molar-refractivity contribution is 0.0460. The summed E-state index contributed by atoms with van der Waals surface area (Å²) in [5.74, 6) is -0.222. The van der Waals surface area contributed by atoms with Crippen LogP contribution in [-0.4, -0.2) is 33.2 Å². The number of carbonyl (C=O) groups is 2. The first kappa shape index (κ1) is 16.2. The third-order valence-corrected chi connectivity index (χ3v) is 2.91. The Morgan fingerprint density at radius 3 is 2.50 bits per heavy atom. The van der Waals surface area contributed by atoms with Crippen molar-refractivity contribution in [3.05, 3.63) is 18.7 Å². The molecule has 0 fully saturated rings. The summed E-state index contributed by atoms with van der Waals surface area (Å²) >= 11 is 0. The summed E-state index contributed by atoms with van der Waals surface area (Å²) in [7, 11) is 0. The number of hydrogen-bond acceptors (Lipinski definition) is 4. The van der Waals surface area contributed by atoms with Gasteiger partial charge in [0.15, 0.2) is 0 Å². The summed E-state index contributed by atoms with van der Waals surface area (Å²) in [6.45, 7) is 9.22. The average Bonchev–Trinajstić information content (AvgIpc) is 2.85. The molecule has 1 N–H and O–H groups in total. The number of alkyl carbamates (subject to hydrolysis) is 1. The van der Waals surface area contributed by atoms with Crippen LogP contribution in [-0.2, 0) is 4.74 Å². The second kappa shape index (κ2) is 6.54. The molecule has 0 spiro atoms. The summed E-state index contributed by atoms with van der Waals surface area (Å²) in [5, 5.41) is 2.65. The second-order valence-corrected chi connectivity index (χ2v) is 5.82. The molecule has 1 heterocycles. The van der Waals surface area contributed by atoms with Gasteiger partial charge in [-0.2, -0.15) is 0 Å².